The fourth-order valence-electron chi connectivity index (χ4n) is 5.42. The molecule has 1 aromatic rings. The maximum Gasteiger partial charge on any atom is 0.303 e. The predicted octanol–water partition coefficient (Wildman–Crippen LogP) is 8.74. The Labute approximate surface area is 215 Å². The van der Waals surface area contributed by atoms with Crippen LogP contribution in [0.4, 0.5) is 0 Å². The quantitative estimate of drug-likeness (QED) is 0.236. The first-order chi connectivity index (χ1) is 16.5. The van der Waals surface area contributed by atoms with E-state index in [0.29, 0.717) is 6.61 Å². The summed E-state index contributed by atoms with van der Waals surface area (Å²) in [6.07, 6.45) is 13.7. The molecule has 1 N–H and O–H groups in total. The van der Waals surface area contributed by atoms with Crippen molar-refractivity contribution in [1.82, 2.24) is 0 Å². The Morgan fingerprint density at radius 1 is 0.943 bits per heavy atom. The van der Waals surface area contributed by atoms with Gasteiger partial charge >= 0.3 is 5.97 Å². The molecular formula is C31H52O4. The molecule has 4 nitrogen and oxygen atoms in total. The summed E-state index contributed by atoms with van der Waals surface area (Å²) in [5.74, 6) is 3.03. The summed E-state index contributed by atoms with van der Waals surface area (Å²) in [6, 6.07) is 0. The summed E-state index contributed by atoms with van der Waals surface area (Å²) in [5.41, 5.74) is 4.89. The summed E-state index contributed by atoms with van der Waals surface area (Å²) in [4.78, 5) is 10.6. The SMILES string of the molecule is Cc1c(C)c2c(c(C)c1OCCCCCCC(=O)O)CCC(C)(CCCC(C)CCCC(C)C)O2. The molecule has 1 heterocycles. The molecule has 1 aliphatic heterocycles. The van der Waals surface area contributed by atoms with E-state index in [1.54, 1.807) is 0 Å². The predicted molar refractivity (Wildman–Crippen MR) is 146 cm³/mol. The Kier molecular flexibility index (Phi) is 11.9. The van der Waals surface area contributed by atoms with Crippen molar-refractivity contribution in [1.29, 1.82) is 0 Å². The van der Waals surface area contributed by atoms with Gasteiger partial charge in [0.05, 0.1) is 6.61 Å². The van der Waals surface area contributed by atoms with Crippen LogP contribution in [0.2, 0.25) is 0 Å². The number of unbranched alkanes of at least 4 members (excludes halogenated alkanes) is 3. The van der Waals surface area contributed by atoms with Gasteiger partial charge in [-0.3, -0.25) is 4.79 Å². The van der Waals surface area contributed by atoms with Crippen LogP contribution in [0.5, 0.6) is 11.5 Å². The lowest BCUT2D eigenvalue weighted by molar-refractivity contribution is -0.137. The maximum absolute atomic E-state index is 10.6. The molecule has 0 spiro atoms. The molecule has 2 rings (SSSR count). The van der Waals surface area contributed by atoms with Crippen molar-refractivity contribution in [3.05, 3.63) is 22.3 Å². The lowest BCUT2D eigenvalue weighted by Crippen LogP contribution is -2.37. The van der Waals surface area contributed by atoms with Crippen LogP contribution in [-0.2, 0) is 11.2 Å². The van der Waals surface area contributed by atoms with Gasteiger partial charge in [-0.15, -0.1) is 0 Å². The van der Waals surface area contributed by atoms with Crippen molar-refractivity contribution < 1.29 is 19.4 Å². The second-order valence-electron chi connectivity index (χ2n) is 11.8. The average molecular weight is 489 g/mol. The molecule has 0 amide bonds. The number of hydrogen-bond acceptors (Lipinski definition) is 3. The summed E-state index contributed by atoms with van der Waals surface area (Å²) in [7, 11) is 0. The fraction of sp³-hybridized carbons (Fsp3) is 0.774. The highest BCUT2D eigenvalue weighted by Crippen LogP contribution is 2.45. The zero-order chi connectivity index (χ0) is 26.0. The van der Waals surface area contributed by atoms with E-state index in [9.17, 15) is 4.79 Å². The van der Waals surface area contributed by atoms with Crippen LogP contribution in [0.3, 0.4) is 0 Å². The summed E-state index contributed by atoms with van der Waals surface area (Å²) in [5, 5.41) is 8.75. The molecule has 0 saturated heterocycles. The maximum atomic E-state index is 10.6. The van der Waals surface area contributed by atoms with E-state index in [0.717, 1.165) is 68.3 Å². The van der Waals surface area contributed by atoms with Gasteiger partial charge in [-0.2, -0.15) is 0 Å². The molecule has 0 aromatic heterocycles. The van der Waals surface area contributed by atoms with E-state index in [-0.39, 0.29) is 12.0 Å². The summed E-state index contributed by atoms with van der Waals surface area (Å²) < 4.78 is 13.0. The van der Waals surface area contributed by atoms with Crippen LogP contribution in [0, 0.1) is 32.6 Å². The van der Waals surface area contributed by atoms with Gasteiger partial charge in [0.1, 0.15) is 17.1 Å². The van der Waals surface area contributed by atoms with Gasteiger partial charge in [-0.05, 0) is 94.7 Å². The summed E-state index contributed by atoms with van der Waals surface area (Å²) in [6.45, 7) is 16.5. The lowest BCUT2D eigenvalue weighted by Gasteiger charge is -2.38. The van der Waals surface area contributed by atoms with E-state index in [1.807, 2.05) is 0 Å². The first kappa shape index (κ1) is 29.5. The fourth-order valence-corrected chi connectivity index (χ4v) is 5.42. The molecule has 0 radical (unpaired) electrons. The number of benzene rings is 1. The van der Waals surface area contributed by atoms with Crippen molar-refractivity contribution >= 4 is 5.97 Å². The van der Waals surface area contributed by atoms with Gasteiger partial charge in [0.15, 0.2) is 0 Å². The molecule has 1 aliphatic rings. The Bertz CT molecular complexity index is 813. The standard InChI is InChI=1S/C31H52O4/c1-22(2)14-12-15-23(3)16-13-19-31(7)20-18-27-26(6)29(24(4)25(5)30(27)35-31)34-21-11-9-8-10-17-28(32)33/h22-23H,8-21H2,1-7H3,(H,32,33). The molecular weight excluding hydrogens is 436 g/mol. The summed E-state index contributed by atoms with van der Waals surface area (Å²) >= 11 is 0. The van der Waals surface area contributed by atoms with Crippen LogP contribution in [0.25, 0.3) is 0 Å². The molecule has 2 atom stereocenters. The van der Waals surface area contributed by atoms with Crippen molar-refractivity contribution in [2.45, 2.75) is 138 Å². The average Bonchev–Trinajstić information content (AvgIpc) is 2.78. The van der Waals surface area contributed by atoms with Crippen LogP contribution in [-0.4, -0.2) is 23.3 Å². The highest BCUT2D eigenvalue weighted by molar-refractivity contribution is 5.66. The van der Waals surface area contributed by atoms with Crippen LogP contribution in [0.15, 0.2) is 0 Å². The smallest absolute Gasteiger partial charge is 0.303 e. The highest BCUT2D eigenvalue weighted by Gasteiger charge is 2.34. The van der Waals surface area contributed by atoms with E-state index in [4.69, 9.17) is 14.6 Å². The molecule has 2 unspecified atom stereocenters. The van der Waals surface area contributed by atoms with Crippen molar-refractivity contribution in [2.24, 2.45) is 11.8 Å². The van der Waals surface area contributed by atoms with E-state index >= 15 is 0 Å². The number of aliphatic carboxylic acids is 1. The monoisotopic (exact) mass is 488 g/mol. The van der Waals surface area contributed by atoms with E-state index in [2.05, 4.69) is 48.5 Å². The van der Waals surface area contributed by atoms with Crippen molar-refractivity contribution in [2.75, 3.05) is 6.61 Å². The highest BCUT2D eigenvalue weighted by atomic mass is 16.5. The minimum absolute atomic E-state index is 0.0768. The third-order valence-corrected chi connectivity index (χ3v) is 7.98. The van der Waals surface area contributed by atoms with Crippen LogP contribution in [0.1, 0.15) is 127 Å². The molecule has 0 bridgehead atoms. The first-order valence-corrected chi connectivity index (χ1v) is 14.2. The van der Waals surface area contributed by atoms with Crippen molar-refractivity contribution in [3.8, 4) is 11.5 Å². The molecule has 200 valence electrons. The molecule has 0 fully saturated rings. The number of fused-ring (bicyclic) bond motifs is 1. The van der Waals surface area contributed by atoms with Gasteiger partial charge in [0.2, 0.25) is 0 Å². The molecule has 4 heteroatoms. The van der Waals surface area contributed by atoms with Gasteiger partial charge < -0.3 is 14.6 Å². The third kappa shape index (κ3) is 9.35. The lowest BCUT2D eigenvalue weighted by atomic mass is 9.84. The second-order valence-corrected chi connectivity index (χ2v) is 11.8. The van der Waals surface area contributed by atoms with Gasteiger partial charge in [-0.25, -0.2) is 0 Å². The topological polar surface area (TPSA) is 55.8 Å². The normalized spacial score (nSPS) is 18.3. The number of carboxylic acids is 1. The van der Waals surface area contributed by atoms with Crippen LogP contribution < -0.4 is 9.47 Å². The van der Waals surface area contributed by atoms with Gasteiger partial charge in [-0.1, -0.05) is 59.3 Å². The molecule has 35 heavy (non-hydrogen) atoms. The number of carboxylic acid groups (broad SMARTS) is 1. The number of ether oxygens (including phenoxy) is 2. The van der Waals surface area contributed by atoms with E-state index in [1.165, 1.54) is 54.4 Å². The third-order valence-electron chi connectivity index (χ3n) is 7.98. The Balaban J connectivity index is 1.90. The first-order valence-electron chi connectivity index (χ1n) is 14.2. The largest absolute Gasteiger partial charge is 0.493 e. The minimum atomic E-state index is -0.706. The number of rotatable bonds is 16. The Morgan fingerprint density at radius 3 is 2.31 bits per heavy atom. The zero-order valence-electron chi connectivity index (χ0n) is 23.7. The van der Waals surface area contributed by atoms with Gasteiger partial charge in [0, 0.05) is 12.0 Å². The Morgan fingerprint density at radius 2 is 1.63 bits per heavy atom. The molecule has 0 aliphatic carbocycles. The minimum Gasteiger partial charge on any atom is -0.493 e. The zero-order valence-corrected chi connectivity index (χ0v) is 23.7. The molecule has 0 saturated carbocycles. The van der Waals surface area contributed by atoms with Gasteiger partial charge in [0.25, 0.3) is 0 Å². The van der Waals surface area contributed by atoms with E-state index < -0.39 is 5.97 Å². The van der Waals surface area contributed by atoms with Crippen LogP contribution >= 0.6 is 0 Å². The number of hydrogen-bond donors (Lipinski definition) is 1. The second kappa shape index (κ2) is 14.1. The number of carbonyl (C=O) groups is 1. The van der Waals surface area contributed by atoms with Crippen molar-refractivity contribution in [3.63, 3.8) is 0 Å². The molecule has 1 aromatic carbocycles. The Hall–Kier alpha value is -1.71.